The largest absolute Gasteiger partial charge is 0.271 e. The molecule has 1 amide bonds. The fourth-order valence-corrected chi connectivity index (χ4v) is 1.94. The van der Waals surface area contributed by atoms with Crippen molar-refractivity contribution in [1.29, 1.82) is 0 Å². The van der Waals surface area contributed by atoms with Gasteiger partial charge in [0.2, 0.25) is 5.82 Å². The molecule has 0 bridgehead atoms. The molecule has 0 fully saturated rings. The van der Waals surface area contributed by atoms with Gasteiger partial charge in [-0.15, -0.1) is 10.2 Å². The second-order valence-corrected chi connectivity index (χ2v) is 4.94. The van der Waals surface area contributed by atoms with Gasteiger partial charge in [0.15, 0.2) is 5.69 Å². The van der Waals surface area contributed by atoms with Crippen molar-refractivity contribution in [2.75, 3.05) is 0 Å². The van der Waals surface area contributed by atoms with Crippen molar-refractivity contribution in [3.8, 4) is 11.4 Å². The summed E-state index contributed by atoms with van der Waals surface area (Å²) in [6, 6.07) is 9.38. The third-order valence-electron chi connectivity index (χ3n) is 3.11. The molecule has 24 heavy (non-hydrogen) atoms. The van der Waals surface area contributed by atoms with Gasteiger partial charge in [-0.3, -0.25) is 4.79 Å². The third-order valence-corrected chi connectivity index (χ3v) is 3.11. The topological polar surface area (TPSA) is 124 Å². The average Bonchev–Trinajstić information content (AvgIpc) is 3.22. The molecule has 0 aliphatic heterocycles. The molecule has 122 valence electrons. The maximum Gasteiger partial charge on any atom is 0.263 e. The van der Waals surface area contributed by atoms with Gasteiger partial charge in [0, 0.05) is 5.56 Å². The fraction of sp³-hybridized carbons (Fsp3) is 0.214. The van der Waals surface area contributed by atoms with E-state index in [4.69, 9.17) is 0 Å². The number of benzene rings is 1. The van der Waals surface area contributed by atoms with Crippen molar-refractivity contribution in [1.82, 2.24) is 35.9 Å². The van der Waals surface area contributed by atoms with Crippen molar-refractivity contribution >= 4 is 11.6 Å². The van der Waals surface area contributed by atoms with Crippen LogP contribution in [0.15, 0.2) is 40.1 Å². The van der Waals surface area contributed by atoms with E-state index >= 15 is 0 Å². The Hall–Kier alpha value is -3.43. The number of amides is 1. The Morgan fingerprint density at radius 2 is 2.08 bits per heavy atom. The van der Waals surface area contributed by atoms with Gasteiger partial charge in [-0.1, -0.05) is 35.5 Å². The maximum atomic E-state index is 11.9. The molecule has 1 N–H and O–H groups in total. The highest BCUT2D eigenvalue weighted by atomic mass is 16.6. The predicted molar refractivity (Wildman–Crippen MR) is 82.6 cm³/mol. The Kier molecular flexibility index (Phi) is 4.36. The first-order valence-corrected chi connectivity index (χ1v) is 7.09. The average molecular weight is 326 g/mol. The molecule has 0 aliphatic carbocycles. The van der Waals surface area contributed by atoms with E-state index in [1.54, 1.807) is 13.8 Å². The molecule has 2 aromatic heterocycles. The molecule has 3 rings (SSSR count). The minimum atomic E-state index is -0.388. The minimum Gasteiger partial charge on any atom is -0.271 e. The number of carbonyl (C=O) groups excluding carboxylic acids is 1. The number of nitrogens with zero attached hydrogens (tertiary/aromatic N) is 7. The number of hydrazone groups is 1. The van der Waals surface area contributed by atoms with Gasteiger partial charge in [-0.2, -0.15) is 9.90 Å². The highest BCUT2D eigenvalue weighted by Crippen LogP contribution is 2.11. The van der Waals surface area contributed by atoms with E-state index in [-0.39, 0.29) is 12.5 Å². The lowest BCUT2D eigenvalue weighted by atomic mass is 10.2. The van der Waals surface area contributed by atoms with E-state index in [1.807, 2.05) is 30.3 Å². The van der Waals surface area contributed by atoms with Gasteiger partial charge in [0.25, 0.3) is 5.91 Å². The minimum absolute atomic E-state index is 0.105. The van der Waals surface area contributed by atoms with E-state index in [2.05, 4.69) is 40.9 Å². The first kappa shape index (κ1) is 15.5. The molecule has 3 aromatic rings. The zero-order valence-electron chi connectivity index (χ0n) is 13.0. The number of aryl methyl sites for hydroxylation is 1. The van der Waals surface area contributed by atoms with E-state index in [1.165, 1.54) is 4.80 Å². The smallest absolute Gasteiger partial charge is 0.263 e. The first-order valence-electron chi connectivity index (χ1n) is 7.09. The van der Waals surface area contributed by atoms with Crippen LogP contribution in [0.3, 0.4) is 0 Å². The molecule has 10 nitrogen and oxygen atoms in total. The second-order valence-electron chi connectivity index (χ2n) is 4.94. The van der Waals surface area contributed by atoms with Gasteiger partial charge in [0.1, 0.15) is 12.2 Å². The molecule has 10 heteroatoms. The Bertz CT molecular complexity index is 868. The van der Waals surface area contributed by atoms with Crippen molar-refractivity contribution in [2.24, 2.45) is 5.10 Å². The lowest BCUT2D eigenvalue weighted by Crippen LogP contribution is -2.25. The molecular formula is C14H14N8O2. The van der Waals surface area contributed by atoms with Crippen LogP contribution < -0.4 is 5.43 Å². The van der Waals surface area contributed by atoms with Gasteiger partial charge in [0.05, 0.1) is 5.71 Å². The van der Waals surface area contributed by atoms with E-state index < -0.39 is 0 Å². The Morgan fingerprint density at radius 3 is 2.79 bits per heavy atom. The summed E-state index contributed by atoms with van der Waals surface area (Å²) in [6.45, 7) is 3.32. The van der Waals surface area contributed by atoms with Gasteiger partial charge < -0.3 is 0 Å². The Labute approximate surface area is 136 Å². The highest BCUT2D eigenvalue weighted by Gasteiger charge is 2.11. The van der Waals surface area contributed by atoms with Crippen molar-refractivity contribution in [3.05, 3.63) is 41.7 Å². The van der Waals surface area contributed by atoms with Crippen LogP contribution in [0.1, 0.15) is 18.3 Å². The fourth-order valence-electron chi connectivity index (χ4n) is 1.94. The normalized spacial score (nSPS) is 11.5. The molecule has 0 aliphatic rings. The number of hydrogen-bond acceptors (Lipinski definition) is 8. The monoisotopic (exact) mass is 326 g/mol. The molecule has 0 saturated carbocycles. The first-order chi connectivity index (χ1) is 11.6. The quantitative estimate of drug-likeness (QED) is 0.537. The van der Waals surface area contributed by atoms with Crippen LogP contribution in [0.25, 0.3) is 11.4 Å². The zero-order valence-corrected chi connectivity index (χ0v) is 13.0. The molecule has 0 spiro atoms. The number of rotatable bonds is 5. The highest BCUT2D eigenvalue weighted by molar-refractivity contribution is 5.98. The Morgan fingerprint density at radius 1 is 1.29 bits per heavy atom. The Balaban J connectivity index is 1.62. The van der Waals surface area contributed by atoms with Crippen LogP contribution in [0, 0.1) is 6.92 Å². The number of nitrogens with one attached hydrogen (secondary N) is 1. The number of tetrazole rings is 1. The molecule has 0 radical (unpaired) electrons. The third kappa shape index (κ3) is 3.48. The SMILES string of the molecule is C/C(=N/NC(=O)Cn1nnc(-c2ccccc2)n1)c1nonc1C. The van der Waals surface area contributed by atoms with E-state index in [0.29, 0.717) is 22.9 Å². The molecule has 2 heterocycles. The standard InChI is InChI=1S/C14H14N8O2/c1-9(13-10(2)19-24-20-13)15-16-12(23)8-22-18-14(17-21-22)11-6-4-3-5-7-11/h3-7H,8H2,1-2H3,(H,16,23)/b15-9-. The van der Waals surface area contributed by atoms with Crippen LogP contribution in [-0.4, -0.2) is 42.1 Å². The molecule has 1 aromatic carbocycles. The van der Waals surface area contributed by atoms with Crippen LogP contribution in [-0.2, 0) is 11.3 Å². The maximum absolute atomic E-state index is 11.9. The number of hydrogen-bond donors (Lipinski definition) is 1. The summed E-state index contributed by atoms with van der Waals surface area (Å²) in [6.07, 6.45) is 0. The van der Waals surface area contributed by atoms with Crippen LogP contribution >= 0.6 is 0 Å². The zero-order chi connectivity index (χ0) is 16.9. The molecule has 0 atom stereocenters. The summed E-state index contributed by atoms with van der Waals surface area (Å²) in [5.74, 6) is 0.0628. The van der Waals surface area contributed by atoms with Gasteiger partial charge in [-0.25, -0.2) is 10.1 Å². The second kappa shape index (κ2) is 6.77. The summed E-state index contributed by atoms with van der Waals surface area (Å²) >= 11 is 0. The molecule has 0 unspecified atom stereocenters. The molecular weight excluding hydrogens is 312 g/mol. The predicted octanol–water partition coefficient (Wildman–Crippen LogP) is 0.572. The van der Waals surface area contributed by atoms with E-state index in [9.17, 15) is 4.79 Å². The van der Waals surface area contributed by atoms with Gasteiger partial charge >= 0.3 is 0 Å². The summed E-state index contributed by atoms with van der Waals surface area (Å²) in [4.78, 5) is 13.1. The summed E-state index contributed by atoms with van der Waals surface area (Å²) < 4.78 is 4.59. The van der Waals surface area contributed by atoms with E-state index in [0.717, 1.165) is 5.56 Å². The van der Waals surface area contributed by atoms with Crippen molar-refractivity contribution in [2.45, 2.75) is 20.4 Å². The number of aromatic nitrogens is 6. The molecule has 0 saturated heterocycles. The van der Waals surface area contributed by atoms with Crippen molar-refractivity contribution < 1.29 is 9.42 Å². The number of carbonyl (C=O) groups is 1. The van der Waals surface area contributed by atoms with Crippen LogP contribution in [0.4, 0.5) is 0 Å². The van der Waals surface area contributed by atoms with Crippen LogP contribution in [0.2, 0.25) is 0 Å². The summed E-state index contributed by atoms with van der Waals surface area (Å²) in [5, 5.41) is 23.2. The summed E-state index contributed by atoms with van der Waals surface area (Å²) in [7, 11) is 0. The van der Waals surface area contributed by atoms with Crippen molar-refractivity contribution in [3.63, 3.8) is 0 Å². The summed E-state index contributed by atoms with van der Waals surface area (Å²) in [5.41, 5.74) is 4.80. The van der Waals surface area contributed by atoms with Gasteiger partial charge in [-0.05, 0) is 24.2 Å². The lowest BCUT2D eigenvalue weighted by Gasteiger charge is -2.00. The lowest BCUT2D eigenvalue weighted by molar-refractivity contribution is -0.122. The van der Waals surface area contributed by atoms with Crippen LogP contribution in [0.5, 0.6) is 0 Å².